The number of hydrogen-bond acceptors (Lipinski definition) is 3. The zero-order chi connectivity index (χ0) is 17.6. The average molecular weight is 364 g/mol. The van der Waals surface area contributed by atoms with Gasteiger partial charge in [-0.2, -0.15) is 0 Å². The highest BCUT2D eigenvalue weighted by Crippen LogP contribution is 2.20. The van der Waals surface area contributed by atoms with E-state index < -0.39 is 0 Å². The second-order valence-electron chi connectivity index (χ2n) is 7.33. The molecule has 138 valence electrons. The predicted octanol–water partition coefficient (Wildman–Crippen LogP) is 3.25. The smallest absolute Gasteiger partial charge is 0.236 e. The summed E-state index contributed by atoms with van der Waals surface area (Å²) >= 11 is 6.07. The first kappa shape index (κ1) is 18.7. The summed E-state index contributed by atoms with van der Waals surface area (Å²) in [5.41, 5.74) is 1.26. The van der Waals surface area contributed by atoms with E-state index in [1.807, 2.05) is 18.2 Å². The quantitative estimate of drug-likeness (QED) is 0.803. The lowest BCUT2D eigenvalue weighted by atomic mass is 10.00. The van der Waals surface area contributed by atoms with Crippen LogP contribution in [-0.2, 0) is 11.3 Å². The molecule has 0 aromatic heterocycles. The third-order valence-corrected chi connectivity index (χ3v) is 5.77. The molecule has 1 atom stereocenters. The van der Waals surface area contributed by atoms with E-state index in [0.29, 0.717) is 18.5 Å². The van der Waals surface area contributed by atoms with Crippen molar-refractivity contribution < 1.29 is 4.79 Å². The van der Waals surface area contributed by atoms with E-state index in [4.69, 9.17) is 11.6 Å². The second kappa shape index (κ2) is 9.02. The van der Waals surface area contributed by atoms with Crippen molar-refractivity contribution in [3.63, 3.8) is 0 Å². The summed E-state index contributed by atoms with van der Waals surface area (Å²) in [6, 6.07) is 8.56. The van der Waals surface area contributed by atoms with Gasteiger partial charge in [0.15, 0.2) is 0 Å². The molecule has 2 fully saturated rings. The lowest BCUT2D eigenvalue weighted by molar-refractivity contribution is -0.136. The molecule has 4 nitrogen and oxygen atoms in total. The van der Waals surface area contributed by atoms with Crippen LogP contribution in [0, 0.1) is 0 Å². The Morgan fingerprint density at radius 3 is 2.60 bits per heavy atom. The summed E-state index contributed by atoms with van der Waals surface area (Å²) in [6.45, 7) is 8.63. The van der Waals surface area contributed by atoms with Gasteiger partial charge in [-0.25, -0.2) is 0 Å². The lowest BCUT2D eigenvalue weighted by Crippen LogP contribution is -2.52. The van der Waals surface area contributed by atoms with Crippen LogP contribution in [0.2, 0.25) is 5.02 Å². The molecule has 2 aliphatic heterocycles. The SMILES string of the molecule is CCC1CCCCN1C(=O)CN1CCN(Cc2cccc(Cl)c2)CC1. The molecule has 0 aliphatic carbocycles. The van der Waals surface area contributed by atoms with Gasteiger partial charge < -0.3 is 4.90 Å². The number of amides is 1. The van der Waals surface area contributed by atoms with Crippen molar-refractivity contribution >= 4 is 17.5 Å². The molecule has 5 heteroatoms. The molecular weight excluding hydrogens is 334 g/mol. The Morgan fingerprint density at radius 1 is 1.12 bits per heavy atom. The summed E-state index contributed by atoms with van der Waals surface area (Å²) in [6.07, 6.45) is 4.69. The van der Waals surface area contributed by atoms with Gasteiger partial charge in [-0.15, -0.1) is 0 Å². The predicted molar refractivity (Wildman–Crippen MR) is 103 cm³/mol. The molecule has 0 saturated carbocycles. The highest BCUT2D eigenvalue weighted by atomic mass is 35.5. The van der Waals surface area contributed by atoms with Crippen molar-refractivity contribution in [2.24, 2.45) is 0 Å². The maximum Gasteiger partial charge on any atom is 0.236 e. The maximum absolute atomic E-state index is 12.7. The molecule has 25 heavy (non-hydrogen) atoms. The van der Waals surface area contributed by atoms with Crippen molar-refractivity contribution in [2.45, 2.75) is 45.2 Å². The molecule has 0 radical (unpaired) electrons. The Bertz CT molecular complexity index is 572. The van der Waals surface area contributed by atoms with Crippen molar-refractivity contribution in [1.29, 1.82) is 0 Å². The van der Waals surface area contributed by atoms with E-state index in [2.05, 4.69) is 27.7 Å². The van der Waals surface area contributed by atoms with E-state index in [1.165, 1.54) is 18.4 Å². The van der Waals surface area contributed by atoms with Gasteiger partial charge in [-0.05, 0) is 43.4 Å². The Morgan fingerprint density at radius 2 is 1.88 bits per heavy atom. The van der Waals surface area contributed by atoms with Crippen LogP contribution in [0.15, 0.2) is 24.3 Å². The molecule has 3 rings (SSSR count). The van der Waals surface area contributed by atoms with Gasteiger partial charge in [-0.1, -0.05) is 30.7 Å². The molecule has 0 spiro atoms. The number of halogens is 1. The first-order valence-corrected chi connectivity index (χ1v) is 10.0. The largest absolute Gasteiger partial charge is 0.339 e. The summed E-state index contributed by atoms with van der Waals surface area (Å²) in [5.74, 6) is 0.329. The molecule has 1 aromatic rings. The highest BCUT2D eigenvalue weighted by molar-refractivity contribution is 6.30. The van der Waals surface area contributed by atoms with Crippen molar-refractivity contribution in [2.75, 3.05) is 39.3 Å². The van der Waals surface area contributed by atoms with Crippen molar-refractivity contribution in [3.8, 4) is 0 Å². The van der Waals surface area contributed by atoms with Crippen LogP contribution >= 0.6 is 11.6 Å². The standard InChI is InChI=1S/C20H30ClN3O/c1-2-19-8-3-4-9-24(19)20(25)16-23-12-10-22(11-13-23)15-17-6-5-7-18(21)14-17/h5-7,14,19H,2-4,8-13,15-16H2,1H3. The van der Waals surface area contributed by atoms with Gasteiger partial charge in [0.2, 0.25) is 5.91 Å². The zero-order valence-corrected chi connectivity index (χ0v) is 16.0. The molecule has 0 N–H and O–H groups in total. The van der Waals surface area contributed by atoms with Crippen LogP contribution in [0.1, 0.15) is 38.2 Å². The number of carbonyl (C=O) groups is 1. The Hall–Kier alpha value is -1.10. The highest BCUT2D eigenvalue weighted by Gasteiger charge is 2.27. The molecule has 1 aromatic carbocycles. The summed E-state index contributed by atoms with van der Waals surface area (Å²) in [5, 5.41) is 0.800. The average Bonchev–Trinajstić information content (AvgIpc) is 2.63. The maximum atomic E-state index is 12.7. The summed E-state index contributed by atoms with van der Waals surface area (Å²) in [4.78, 5) is 19.6. The van der Waals surface area contributed by atoms with E-state index in [9.17, 15) is 4.79 Å². The van der Waals surface area contributed by atoms with Crippen LogP contribution in [0.5, 0.6) is 0 Å². The number of carbonyl (C=O) groups excluding carboxylic acids is 1. The fourth-order valence-electron chi connectivity index (χ4n) is 4.03. The van der Waals surface area contributed by atoms with Gasteiger partial charge in [0.25, 0.3) is 0 Å². The Balaban J connectivity index is 1.45. The first-order chi connectivity index (χ1) is 12.2. The Kier molecular flexibility index (Phi) is 6.74. The number of piperidine rings is 1. The van der Waals surface area contributed by atoms with Crippen LogP contribution < -0.4 is 0 Å². The van der Waals surface area contributed by atoms with Gasteiger partial charge in [0.05, 0.1) is 6.54 Å². The molecule has 0 bridgehead atoms. The number of piperazine rings is 1. The molecular formula is C20H30ClN3O. The van der Waals surface area contributed by atoms with Gasteiger partial charge >= 0.3 is 0 Å². The molecule has 1 unspecified atom stereocenters. The fourth-order valence-corrected chi connectivity index (χ4v) is 4.25. The van der Waals surface area contributed by atoms with Crippen LogP contribution in [0.3, 0.4) is 0 Å². The summed E-state index contributed by atoms with van der Waals surface area (Å²) < 4.78 is 0. The molecule has 2 aliphatic rings. The normalized spacial score (nSPS) is 23.0. The van der Waals surface area contributed by atoms with Crippen molar-refractivity contribution in [1.82, 2.24) is 14.7 Å². The summed E-state index contributed by atoms with van der Waals surface area (Å²) in [7, 11) is 0. The number of nitrogens with zero attached hydrogens (tertiary/aromatic N) is 3. The van der Waals surface area contributed by atoms with Crippen LogP contribution in [0.4, 0.5) is 0 Å². The van der Waals surface area contributed by atoms with Crippen molar-refractivity contribution in [3.05, 3.63) is 34.9 Å². The van der Waals surface area contributed by atoms with Crippen LogP contribution in [0.25, 0.3) is 0 Å². The monoisotopic (exact) mass is 363 g/mol. The minimum Gasteiger partial charge on any atom is -0.339 e. The van der Waals surface area contributed by atoms with Crippen LogP contribution in [-0.4, -0.2) is 65.9 Å². The van der Waals surface area contributed by atoms with Gasteiger partial charge in [0.1, 0.15) is 0 Å². The van der Waals surface area contributed by atoms with E-state index in [-0.39, 0.29) is 0 Å². The lowest BCUT2D eigenvalue weighted by Gasteiger charge is -2.39. The van der Waals surface area contributed by atoms with E-state index in [0.717, 1.165) is 57.1 Å². The third kappa shape index (κ3) is 5.19. The third-order valence-electron chi connectivity index (χ3n) is 5.54. The van der Waals surface area contributed by atoms with E-state index >= 15 is 0 Å². The van der Waals surface area contributed by atoms with Gasteiger partial charge in [-0.3, -0.25) is 14.6 Å². The second-order valence-corrected chi connectivity index (χ2v) is 7.76. The minimum atomic E-state index is 0.329. The molecule has 2 saturated heterocycles. The molecule has 1 amide bonds. The Labute approximate surface area is 156 Å². The first-order valence-electron chi connectivity index (χ1n) is 9.64. The topological polar surface area (TPSA) is 26.8 Å². The fraction of sp³-hybridized carbons (Fsp3) is 0.650. The molecule has 2 heterocycles. The minimum absolute atomic E-state index is 0.329. The number of likely N-dealkylation sites (tertiary alicyclic amines) is 1. The zero-order valence-electron chi connectivity index (χ0n) is 15.3. The van der Waals surface area contributed by atoms with E-state index in [1.54, 1.807) is 0 Å². The number of hydrogen-bond donors (Lipinski definition) is 0. The van der Waals surface area contributed by atoms with Gasteiger partial charge in [0, 0.05) is 50.3 Å². The number of benzene rings is 1. The number of rotatable bonds is 5.